The summed E-state index contributed by atoms with van der Waals surface area (Å²) >= 11 is 0. The molecule has 0 bridgehead atoms. The molecule has 5 heteroatoms. The van der Waals surface area contributed by atoms with Crippen LogP contribution < -0.4 is 5.32 Å². The fourth-order valence-electron chi connectivity index (χ4n) is 2.00. The van der Waals surface area contributed by atoms with E-state index in [-0.39, 0.29) is 0 Å². The normalized spacial score (nSPS) is 21.2. The summed E-state index contributed by atoms with van der Waals surface area (Å²) in [4.78, 5) is 4.30. The fraction of sp³-hybridized carbons (Fsp3) is 0.818. The van der Waals surface area contributed by atoms with Crippen LogP contribution in [0.25, 0.3) is 0 Å². The van der Waals surface area contributed by atoms with Crippen molar-refractivity contribution in [3.63, 3.8) is 0 Å². The Kier molecular flexibility index (Phi) is 4.30. The highest BCUT2D eigenvalue weighted by Gasteiger charge is 2.19. The van der Waals surface area contributed by atoms with Crippen LogP contribution in [0.3, 0.4) is 0 Å². The molecule has 1 aromatic rings. The van der Waals surface area contributed by atoms with Crippen LogP contribution in [0.5, 0.6) is 0 Å². The van der Waals surface area contributed by atoms with Crippen LogP contribution >= 0.6 is 0 Å². The zero-order valence-corrected chi connectivity index (χ0v) is 9.85. The van der Waals surface area contributed by atoms with E-state index in [1.165, 1.54) is 0 Å². The zero-order valence-electron chi connectivity index (χ0n) is 9.85. The molecule has 0 aliphatic carbocycles. The maximum Gasteiger partial charge on any atom is 0.141 e. The molecule has 16 heavy (non-hydrogen) atoms. The maximum absolute atomic E-state index is 5.48. The Balaban J connectivity index is 1.94. The third-order valence-electron chi connectivity index (χ3n) is 2.84. The molecule has 2 heterocycles. The molecule has 1 fully saturated rings. The van der Waals surface area contributed by atoms with Crippen LogP contribution in [0.2, 0.25) is 0 Å². The molecule has 0 aromatic carbocycles. The van der Waals surface area contributed by atoms with Gasteiger partial charge in [-0.1, -0.05) is 6.92 Å². The van der Waals surface area contributed by atoms with Crippen LogP contribution in [-0.4, -0.2) is 34.5 Å². The minimum absolute atomic E-state index is 0.370. The fourth-order valence-corrected chi connectivity index (χ4v) is 2.00. The van der Waals surface area contributed by atoms with Gasteiger partial charge in [-0.25, -0.2) is 9.67 Å². The molecule has 0 spiro atoms. The summed E-state index contributed by atoms with van der Waals surface area (Å²) in [7, 11) is 0. The molecule has 1 aliphatic rings. The lowest BCUT2D eigenvalue weighted by Gasteiger charge is -2.23. The first-order chi connectivity index (χ1) is 7.92. The quantitative estimate of drug-likeness (QED) is 0.762. The smallest absolute Gasteiger partial charge is 0.141 e. The van der Waals surface area contributed by atoms with E-state index in [9.17, 15) is 0 Å². The first-order valence-electron chi connectivity index (χ1n) is 6.08. The van der Waals surface area contributed by atoms with Gasteiger partial charge in [-0.05, 0) is 25.8 Å². The highest BCUT2D eigenvalue weighted by molar-refractivity contribution is 4.88. The van der Waals surface area contributed by atoms with Gasteiger partial charge in [0.15, 0.2) is 0 Å². The zero-order chi connectivity index (χ0) is 11.2. The van der Waals surface area contributed by atoms with E-state index >= 15 is 0 Å². The van der Waals surface area contributed by atoms with Crippen molar-refractivity contribution in [1.29, 1.82) is 0 Å². The van der Waals surface area contributed by atoms with Gasteiger partial charge in [-0.15, -0.1) is 0 Å². The van der Waals surface area contributed by atoms with Crippen molar-refractivity contribution in [1.82, 2.24) is 20.1 Å². The molecule has 2 rings (SSSR count). The lowest BCUT2D eigenvalue weighted by Crippen LogP contribution is -2.26. The summed E-state index contributed by atoms with van der Waals surface area (Å²) in [5.74, 6) is 1.02. The van der Waals surface area contributed by atoms with Gasteiger partial charge in [0.25, 0.3) is 0 Å². The maximum atomic E-state index is 5.48. The number of nitrogens with zero attached hydrogens (tertiary/aromatic N) is 3. The van der Waals surface area contributed by atoms with E-state index in [0.29, 0.717) is 6.04 Å². The summed E-state index contributed by atoms with van der Waals surface area (Å²) in [6.07, 6.45) is 5.04. The second kappa shape index (κ2) is 5.96. The van der Waals surface area contributed by atoms with E-state index in [1.807, 2.05) is 4.68 Å². The van der Waals surface area contributed by atoms with Gasteiger partial charge in [-0.2, -0.15) is 5.10 Å². The van der Waals surface area contributed by atoms with E-state index in [1.54, 1.807) is 6.33 Å². The average molecular weight is 224 g/mol. The minimum atomic E-state index is 0.370. The first kappa shape index (κ1) is 11.5. The molecular formula is C11H20N4O. The summed E-state index contributed by atoms with van der Waals surface area (Å²) < 4.78 is 7.49. The Morgan fingerprint density at radius 3 is 3.31 bits per heavy atom. The van der Waals surface area contributed by atoms with Crippen LogP contribution in [0.1, 0.15) is 38.1 Å². The Bertz CT molecular complexity index is 307. The van der Waals surface area contributed by atoms with Gasteiger partial charge >= 0.3 is 0 Å². The topological polar surface area (TPSA) is 52.0 Å². The van der Waals surface area contributed by atoms with Gasteiger partial charge in [0.1, 0.15) is 12.2 Å². The molecular weight excluding hydrogens is 204 g/mol. The van der Waals surface area contributed by atoms with E-state index in [4.69, 9.17) is 4.74 Å². The lowest BCUT2D eigenvalue weighted by molar-refractivity contribution is 0.0536. The molecule has 1 atom stereocenters. The standard InChI is InChI=1S/C11H20N4O/c1-2-5-12-7-11-13-9-14-15(11)10-4-3-6-16-8-10/h9-10,12H,2-8H2,1H3. The van der Waals surface area contributed by atoms with Crippen molar-refractivity contribution in [2.24, 2.45) is 0 Å². The summed E-state index contributed by atoms with van der Waals surface area (Å²) in [6.45, 7) is 5.63. The second-order valence-corrected chi connectivity index (χ2v) is 4.17. The summed E-state index contributed by atoms with van der Waals surface area (Å²) in [6, 6.07) is 0.370. The van der Waals surface area contributed by atoms with E-state index in [2.05, 4.69) is 22.3 Å². The van der Waals surface area contributed by atoms with Crippen LogP contribution in [0, 0.1) is 0 Å². The van der Waals surface area contributed by atoms with Crippen LogP contribution in [-0.2, 0) is 11.3 Å². The highest BCUT2D eigenvalue weighted by atomic mass is 16.5. The Morgan fingerprint density at radius 1 is 1.62 bits per heavy atom. The predicted molar refractivity (Wildman–Crippen MR) is 61.1 cm³/mol. The Labute approximate surface area is 96.2 Å². The molecule has 0 radical (unpaired) electrons. The molecule has 5 nitrogen and oxygen atoms in total. The van der Waals surface area contributed by atoms with Gasteiger partial charge in [0, 0.05) is 6.61 Å². The van der Waals surface area contributed by atoms with Gasteiger partial charge in [0.2, 0.25) is 0 Å². The predicted octanol–water partition coefficient (Wildman–Crippen LogP) is 1.13. The summed E-state index contributed by atoms with van der Waals surface area (Å²) in [5.41, 5.74) is 0. The number of aromatic nitrogens is 3. The summed E-state index contributed by atoms with van der Waals surface area (Å²) in [5, 5.41) is 7.66. The van der Waals surface area contributed by atoms with Crippen molar-refractivity contribution in [2.75, 3.05) is 19.8 Å². The molecule has 1 aromatic heterocycles. The highest BCUT2D eigenvalue weighted by Crippen LogP contribution is 2.19. The van der Waals surface area contributed by atoms with E-state index < -0.39 is 0 Å². The molecule has 1 N–H and O–H groups in total. The third-order valence-corrected chi connectivity index (χ3v) is 2.84. The third kappa shape index (κ3) is 2.80. The molecule has 1 unspecified atom stereocenters. The van der Waals surface area contributed by atoms with E-state index in [0.717, 1.165) is 51.4 Å². The molecule has 1 aliphatic heterocycles. The van der Waals surface area contributed by atoms with Crippen molar-refractivity contribution in [2.45, 2.75) is 38.8 Å². The monoisotopic (exact) mass is 224 g/mol. The largest absolute Gasteiger partial charge is 0.379 e. The SMILES string of the molecule is CCCNCc1ncnn1C1CCCOC1. The lowest BCUT2D eigenvalue weighted by atomic mass is 10.1. The Hall–Kier alpha value is -0.940. The Morgan fingerprint density at radius 2 is 2.56 bits per heavy atom. The van der Waals surface area contributed by atoms with Crippen molar-refractivity contribution in [3.05, 3.63) is 12.2 Å². The molecule has 90 valence electrons. The molecule has 0 saturated carbocycles. The average Bonchev–Trinajstić information content (AvgIpc) is 2.79. The molecule has 1 saturated heterocycles. The van der Waals surface area contributed by atoms with Gasteiger partial charge in [-0.3, -0.25) is 0 Å². The minimum Gasteiger partial charge on any atom is -0.379 e. The number of hydrogen-bond donors (Lipinski definition) is 1. The molecule has 0 amide bonds. The van der Waals surface area contributed by atoms with Gasteiger partial charge in [0.05, 0.1) is 19.2 Å². The second-order valence-electron chi connectivity index (χ2n) is 4.17. The number of nitrogens with one attached hydrogen (secondary N) is 1. The number of ether oxygens (including phenoxy) is 1. The van der Waals surface area contributed by atoms with Crippen molar-refractivity contribution < 1.29 is 4.74 Å². The number of hydrogen-bond acceptors (Lipinski definition) is 4. The van der Waals surface area contributed by atoms with Crippen LogP contribution in [0.15, 0.2) is 6.33 Å². The van der Waals surface area contributed by atoms with Gasteiger partial charge < -0.3 is 10.1 Å². The number of rotatable bonds is 5. The first-order valence-corrected chi connectivity index (χ1v) is 6.08. The van der Waals surface area contributed by atoms with Crippen molar-refractivity contribution >= 4 is 0 Å². The van der Waals surface area contributed by atoms with Crippen molar-refractivity contribution in [3.8, 4) is 0 Å². The van der Waals surface area contributed by atoms with Crippen LogP contribution in [0.4, 0.5) is 0 Å².